The molecule has 0 radical (unpaired) electrons. The Morgan fingerprint density at radius 2 is 2.00 bits per heavy atom. The Bertz CT molecular complexity index is 306. The molecule has 0 aliphatic heterocycles. The maximum Gasteiger partial charge on any atom is 0.306 e. The minimum absolute atomic E-state index is 0.0858. The van der Waals surface area contributed by atoms with Crippen LogP contribution in [0.2, 0.25) is 0 Å². The van der Waals surface area contributed by atoms with Crippen molar-refractivity contribution in [2.45, 2.75) is 37.4 Å². The van der Waals surface area contributed by atoms with Gasteiger partial charge in [-0.2, -0.15) is 0 Å². The lowest BCUT2D eigenvalue weighted by Gasteiger charge is -2.11. The zero-order valence-corrected chi connectivity index (χ0v) is 9.68. The number of methoxy groups -OCH3 is 1. The summed E-state index contributed by atoms with van der Waals surface area (Å²) in [5, 5.41) is -0.268. The maximum atomic E-state index is 11.6. The SMILES string of the molecule is COC(=O)CCNS(=O)(=O)C1CCCC1. The Morgan fingerprint density at radius 3 is 2.53 bits per heavy atom. The molecule has 5 nitrogen and oxygen atoms in total. The van der Waals surface area contributed by atoms with Crippen molar-refractivity contribution in [1.29, 1.82) is 0 Å². The van der Waals surface area contributed by atoms with Gasteiger partial charge in [0.2, 0.25) is 10.0 Å². The Morgan fingerprint density at radius 1 is 1.40 bits per heavy atom. The molecule has 0 amide bonds. The third-order valence-corrected chi connectivity index (χ3v) is 4.56. The van der Waals surface area contributed by atoms with Crippen molar-refractivity contribution in [3.63, 3.8) is 0 Å². The number of hydrogen-bond acceptors (Lipinski definition) is 4. The van der Waals surface area contributed by atoms with Crippen molar-refractivity contribution >= 4 is 16.0 Å². The van der Waals surface area contributed by atoms with Gasteiger partial charge in [-0.15, -0.1) is 0 Å². The first kappa shape index (κ1) is 12.4. The average molecular weight is 235 g/mol. The molecule has 0 bridgehead atoms. The van der Waals surface area contributed by atoms with E-state index in [1.54, 1.807) is 0 Å². The van der Waals surface area contributed by atoms with E-state index in [4.69, 9.17) is 0 Å². The highest BCUT2D eigenvalue weighted by Gasteiger charge is 2.28. The highest BCUT2D eigenvalue weighted by atomic mass is 32.2. The van der Waals surface area contributed by atoms with E-state index < -0.39 is 16.0 Å². The number of carbonyl (C=O) groups is 1. The number of sulfonamides is 1. The van der Waals surface area contributed by atoms with E-state index in [-0.39, 0.29) is 18.2 Å². The highest BCUT2D eigenvalue weighted by molar-refractivity contribution is 7.90. The first-order valence-electron chi connectivity index (χ1n) is 5.11. The lowest BCUT2D eigenvalue weighted by molar-refractivity contribution is -0.140. The van der Waals surface area contributed by atoms with Gasteiger partial charge in [-0.25, -0.2) is 13.1 Å². The predicted molar refractivity (Wildman–Crippen MR) is 55.8 cm³/mol. The number of nitrogens with one attached hydrogen (secondary N) is 1. The van der Waals surface area contributed by atoms with Gasteiger partial charge < -0.3 is 4.74 Å². The van der Waals surface area contributed by atoms with Crippen LogP contribution in [0.25, 0.3) is 0 Å². The molecule has 15 heavy (non-hydrogen) atoms. The van der Waals surface area contributed by atoms with Gasteiger partial charge in [0.05, 0.1) is 18.8 Å². The summed E-state index contributed by atoms with van der Waals surface area (Å²) in [5.74, 6) is -0.399. The van der Waals surface area contributed by atoms with E-state index >= 15 is 0 Å². The van der Waals surface area contributed by atoms with Crippen LogP contribution in [0, 0.1) is 0 Å². The lowest BCUT2D eigenvalue weighted by Crippen LogP contribution is -2.34. The van der Waals surface area contributed by atoms with Gasteiger partial charge >= 0.3 is 5.97 Å². The first-order chi connectivity index (χ1) is 7.06. The topological polar surface area (TPSA) is 72.5 Å². The number of hydrogen-bond donors (Lipinski definition) is 1. The molecule has 1 saturated carbocycles. The molecule has 1 rings (SSSR count). The fourth-order valence-corrected chi connectivity index (χ4v) is 3.29. The summed E-state index contributed by atoms with van der Waals surface area (Å²) in [4.78, 5) is 10.8. The Labute approximate surface area is 90.2 Å². The third kappa shape index (κ3) is 3.79. The lowest BCUT2D eigenvalue weighted by atomic mass is 10.4. The summed E-state index contributed by atoms with van der Waals surface area (Å²) < 4.78 is 30.1. The van der Waals surface area contributed by atoms with E-state index in [9.17, 15) is 13.2 Å². The highest BCUT2D eigenvalue weighted by Crippen LogP contribution is 2.23. The van der Waals surface area contributed by atoms with E-state index in [1.165, 1.54) is 7.11 Å². The molecule has 0 atom stereocenters. The second-order valence-electron chi connectivity index (χ2n) is 3.67. The van der Waals surface area contributed by atoms with Crippen molar-refractivity contribution in [3.05, 3.63) is 0 Å². The Balaban J connectivity index is 2.33. The second-order valence-corrected chi connectivity index (χ2v) is 5.72. The fourth-order valence-electron chi connectivity index (χ4n) is 1.71. The minimum atomic E-state index is -3.22. The van der Waals surface area contributed by atoms with Crippen molar-refractivity contribution < 1.29 is 17.9 Å². The maximum absolute atomic E-state index is 11.6. The molecule has 6 heteroatoms. The van der Waals surface area contributed by atoms with Gasteiger partial charge in [-0.05, 0) is 12.8 Å². The van der Waals surface area contributed by atoms with E-state index in [0.29, 0.717) is 0 Å². The summed E-state index contributed by atoms with van der Waals surface area (Å²) in [6.07, 6.45) is 3.49. The third-order valence-electron chi connectivity index (χ3n) is 2.60. The molecular weight excluding hydrogens is 218 g/mol. The summed E-state index contributed by atoms with van der Waals surface area (Å²) in [6.45, 7) is 0.130. The second kappa shape index (κ2) is 5.46. The summed E-state index contributed by atoms with van der Waals surface area (Å²) in [7, 11) is -1.94. The van der Waals surface area contributed by atoms with Crippen LogP contribution >= 0.6 is 0 Å². The molecule has 0 aromatic rings. The van der Waals surface area contributed by atoms with E-state index in [2.05, 4.69) is 9.46 Å². The molecule has 88 valence electrons. The molecule has 0 aromatic heterocycles. The molecular formula is C9H17NO4S. The summed E-state index contributed by atoms with van der Waals surface area (Å²) >= 11 is 0. The molecule has 0 aromatic carbocycles. The van der Waals surface area contributed by atoms with Crippen molar-refractivity contribution in [2.24, 2.45) is 0 Å². The largest absolute Gasteiger partial charge is 0.469 e. The van der Waals surface area contributed by atoms with Crippen LogP contribution in [-0.4, -0.2) is 33.3 Å². The molecule has 0 saturated heterocycles. The zero-order valence-electron chi connectivity index (χ0n) is 8.86. The predicted octanol–water partition coefficient (Wildman–Crippen LogP) is 0.411. The Kier molecular flexibility index (Phi) is 4.53. The van der Waals surface area contributed by atoms with Crippen LogP contribution in [0.4, 0.5) is 0 Å². The average Bonchev–Trinajstić information content (AvgIpc) is 2.70. The number of ether oxygens (including phenoxy) is 1. The Hall–Kier alpha value is -0.620. The van der Waals surface area contributed by atoms with Crippen molar-refractivity contribution in [3.8, 4) is 0 Å². The van der Waals surface area contributed by atoms with Crippen LogP contribution in [0.5, 0.6) is 0 Å². The van der Waals surface area contributed by atoms with Gasteiger partial charge in [0.1, 0.15) is 0 Å². The number of rotatable bonds is 5. The molecule has 1 N–H and O–H groups in total. The summed E-state index contributed by atoms with van der Waals surface area (Å²) in [6, 6.07) is 0. The first-order valence-corrected chi connectivity index (χ1v) is 6.66. The number of esters is 1. The van der Waals surface area contributed by atoms with Gasteiger partial charge in [0.25, 0.3) is 0 Å². The molecule has 1 fully saturated rings. The van der Waals surface area contributed by atoms with E-state index in [0.717, 1.165) is 25.7 Å². The molecule has 1 aliphatic rings. The normalized spacial score (nSPS) is 17.9. The monoisotopic (exact) mass is 235 g/mol. The fraction of sp³-hybridized carbons (Fsp3) is 0.889. The van der Waals surface area contributed by atoms with E-state index in [1.807, 2.05) is 0 Å². The van der Waals surface area contributed by atoms with Gasteiger partial charge in [-0.1, -0.05) is 12.8 Å². The zero-order chi connectivity index (χ0) is 11.3. The molecule has 1 aliphatic carbocycles. The standard InChI is InChI=1S/C9H17NO4S/c1-14-9(11)6-7-10-15(12,13)8-4-2-3-5-8/h8,10H,2-7H2,1H3. The van der Waals surface area contributed by atoms with Gasteiger partial charge in [0, 0.05) is 6.54 Å². The molecule has 0 spiro atoms. The van der Waals surface area contributed by atoms with Gasteiger partial charge in [-0.3, -0.25) is 4.79 Å². The van der Waals surface area contributed by atoms with Crippen LogP contribution in [0.15, 0.2) is 0 Å². The van der Waals surface area contributed by atoms with Crippen LogP contribution in [0.1, 0.15) is 32.1 Å². The minimum Gasteiger partial charge on any atom is -0.469 e. The molecule has 0 unspecified atom stereocenters. The van der Waals surface area contributed by atoms with Gasteiger partial charge in [0.15, 0.2) is 0 Å². The van der Waals surface area contributed by atoms with Crippen LogP contribution in [0.3, 0.4) is 0 Å². The van der Waals surface area contributed by atoms with Crippen LogP contribution in [-0.2, 0) is 19.6 Å². The number of carbonyl (C=O) groups excluding carboxylic acids is 1. The quantitative estimate of drug-likeness (QED) is 0.701. The van der Waals surface area contributed by atoms with Crippen molar-refractivity contribution in [1.82, 2.24) is 4.72 Å². The van der Waals surface area contributed by atoms with Crippen molar-refractivity contribution in [2.75, 3.05) is 13.7 Å². The molecule has 0 heterocycles. The smallest absolute Gasteiger partial charge is 0.306 e. The summed E-state index contributed by atoms with van der Waals surface area (Å²) in [5.41, 5.74) is 0. The van der Waals surface area contributed by atoms with Crippen LogP contribution < -0.4 is 4.72 Å².